The smallest absolute Gasteiger partial charge is 0.229 e. The molecule has 0 saturated heterocycles. The van der Waals surface area contributed by atoms with Gasteiger partial charge in [-0.2, -0.15) is 5.10 Å². The van der Waals surface area contributed by atoms with Crippen LogP contribution in [0.2, 0.25) is 0 Å². The van der Waals surface area contributed by atoms with Gasteiger partial charge >= 0.3 is 0 Å². The number of nitrogens with zero attached hydrogens (tertiary/aromatic N) is 3. The molecule has 1 amide bonds. The van der Waals surface area contributed by atoms with Gasteiger partial charge in [0.1, 0.15) is 0 Å². The molecule has 0 aliphatic rings. The molecule has 0 radical (unpaired) electrons. The number of hydrogen-bond donors (Lipinski definition) is 1. The van der Waals surface area contributed by atoms with Gasteiger partial charge in [-0.25, -0.2) is 4.98 Å². The monoisotopic (exact) mass is 336 g/mol. The number of nitrogens with one attached hydrogen (secondary N) is 1. The van der Waals surface area contributed by atoms with E-state index < -0.39 is 5.41 Å². The fraction of sp³-hybridized carbons (Fsp3) is 0.350. The number of pyridine rings is 1. The van der Waals surface area contributed by atoms with Gasteiger partial charge in [-0.05, 0) is 43.7 Å². The van der Waals surface area contributed by atoms with Crippen LogP contribution in [0.4, 0.5) is 5.69 Å². The number of anilines is 1. The van der Waals surface area contributed by atoms with Crippen molar-refractivity contribution in [3.05, 3.63) is 42.2 Å². The predicted octanol–water partition coefficient (Wildman–Crippen LogP) is 4.41. The fourth-order valence-electron chi connectivity index (χ4n) is 2.61. The van der Waals surface area contributed by atoms with Gasteiger partial charge in [0.15, 0.2) is 0 Å². The van der Waals surface area contributed by atoms with Crippen LogP contribution in [0.25, 0.3) is 22.2 Å². The highest BCUT2D eigenvalue weighted by Gasteiger charge is 2.21. The van der Waals surface area contributed by atoms with Gasteiger partial charge in [-0.15, -0.1) is 0 Å². The van der Waals surface area contributed by atoms with E-state index in [4.69, 9.17) is 4.98 Å². The lowest BCUT2D eigenvalue weighted by atomic mass is 9.95. The van der Waals surface area contributed by atoms with Crippen LogP contribution >= 0.6 is 0 Å². The van der Waals surface area contributed by atoms with Crippen molar-refractivity contribution in [2.45, 2.75) is 41.2 Å². The minimum atomic E-state index is -0.425. The summed E-state index contributed by atoms with van der Waals surface area (Å²) >= 11 is 0. The lowest BCUT2D eigenvalue weighted by Gasteiger charge is -2.18. The number of amides is 1. The van der Waals surface area contributed by atoms with Crippen molar-refractivity contribution in [2.75, 3.05) is 5.32 Å². The SMILES string of the molecule is CCn1cc(-c2cc(C)c3cc(NC(=O)C(C)(C)C)ccc3n2)cn1. The largest absolute Gasteiger partial charge is 0.326 e. The Labute approximate surface area is 148 Å². The van der Waals surface area contributed by atoms with E-state index in [2.05, 4.69) is 30.3 Å². The molecule has 0 fully saturated rings. The Morgan fingerprint density at radius 1 is 1.24 bits per heavy atom. The van der Waals surface area contributed by atoms with Gasteiger partial charge in [0, 0.05) is 34.8 Å². The number of hydrogen-bond acceptors (Lipinski definition) is 3. The van der Waals surface area contributed by atoms with E-state index in [9.17, 15) is 4.79 Å². The van der Waals surface area contributed by atoms with Crippen LogP contribution in [0.3, 0.4) is 0 Å². The first-order chi connectivity index (χ1) is 11.8. The number of aromatic nitrogens is 3. The Bertz CT molecular complexity index is 935. The Morgan fingerprint density at radius 3 is 2.64 bits per heavy atom. The summed E-state index contributed by atoms with van der Waals surface area (Å²) < 4.78 is 1.89. The molecule has 5 nitrogen and oxygen atoms in total. The zero-order valence-corrected chi connectivity index (χ0v) is 15.4. The zero-order chi connectivity index (χ0) is 18.2. The van der Waals surface area contributed by atoms with Crippen molar-refractivity contribution in [1.82, 2.24) is 14.8 Å². The Hall–Kier alpha value is -2.69. The summed E-state index contributed by atoms with van der Waals surface area (Å²) in [4.78, 5) is 16.9. The third kappa shape index (κ3) is 3.55. The van der Waals surface area contributed by atoms with Crippen LogP contribution < -0.4 is 5.32 Å². The minimum absolute atomic E-state index is 0.000983. The third-order valence-corrected chi connectivity index (χ3v) is 4.21. The van der Waals surface area contributed by atoms with E-state index in [-0.39, 0.29) is 5.91 Å². The van der Waals surface area contributed by atoms with Gasteiger partial charge in [0.2, 0.25) is 5.91 Å². The Kier molecular flexibility index (Phi) is 4.33. The molecule has 25 heavy (non-hydrogen) atoms. The number of aryl methyl sites for hydroxylation is 2. The third-order valence-electron chi connectivity index (χ3n) is 4.21. The van der Waals surface area contributed by atoms with E-state index in [1.807, 2.05) is 56.0 Å². The molecule has 0 saturated carbocycles. The van der Waals surface area contributed by atoms with Crippen LogP contribution in [0.1, 0.15) is 33.3 Å². The summed E-state index contributed by atoms with van der Waals surface area (Å²) in [5.41, 5.74) is 4.33. The van der Waals surface area contributed by atoms with Gasteiger partial charge in [0.05, 0.1) is 17.4 Å². The van der Waals surface area contributed by atoms with Crippen LogP contribution in [0, 0.1) is 12.3 Å². The molecular weight excluding hydrogens is 312 g/mol. The molecule has 5 heteroatoms. The van der Waals surface area contributed by atoms with Crippen LogP contribution in [-0.2, 0) is 11.3 Å². The normalized spacial score (nSPS) is 11.7. The average Bonchev–Trinajstić information content (AvgIpc) is 3.03. The van der Waals surface area contributed by atoms with Crippen LogP contribution in [0.15, 0.2) is 36.7 Å². The van der Waals surface area contributed by atoms with Crippen molar-refractivity contribution >= 4 is 22.5 Å². The summed E-state index contributed by atoms with van der Waals surface area (Å²) in [6.07, 6.45) is 3.85. The lowest BCUT2D eigenvalue weighted by molar-refractivity contribution is -0.123. The molecule has 1 N–H and O–H groups in total. The van der Waals surface area contributed by atoms with Gasteiger partial charge in [-0.3, -0.25) is 9.48 Å². The van der Waals surface area contributed by atoms with Crippen LogP contribution in [0.5, 0.6) is 0 Å². The van der Waals surface area contributed by atoms with E-state index in [0.29, 0.717) is 0 Å². The molecule has 0 atom stereocenters. The molecule has 0 bridgehead atoms. The van der Waals surface area contributed by atoms with E-state index in [0.717, 1.165) is 40.0 Å². The standard InChI is InChI=1S/C20H24N4O/c1-6-24-12-14(11-21-24)18-9-13(2)16-10-15(7-8-17(16)23-18)22-19(25)20(3,4)5/h7-12H,6H2,1-5H3,(H,22,25). The number of rotatable bonds is 3. The quantitative estimate of drug-likeness (QED) is 0.770. The number of carbonyl (C=O) groups is 1. The number of benzene rings is 1. The summed E-state index contributed by atoms with van der Waals surface area (Å²) in [5.74, 6) is 0.000983. The maximum absolute atomic E-state index is 12.2. The first-order valence-electron chi connectivity index (χ1n) is 8.53. The van der Waals surface area contributed by atoms with Gasteiger partial charge in [-0.1, -0.05) is 20.8 Å². The molecule has 1 aromatic carbocycles. The van der Waals surface area contributed by atoms with Gasteiger partial charge in [0.25, 0.3) is 0 Å². The summed E-state index contributed by atoms with van der Waals surface area (Å²) in [7, 11) is 0. The second-order valence-electron chi connectivity index (χ2n) is 7.35. The van der Waals surface area contributed by atoms with Crippen molar-refractivity contribution in [1.29, 1.82) is 0 Å². The minimum Gasteiger partial charge on any atom is -0.326 e. The molecular formula is C20H24N4O. The summed E-state index contributed by atoms with van der Waals surface area (Å²) in [5, 5.41) is 8.34. The van der Waals surface area contributed by atoms with Gasteiger partial charge < -0.3 is 5.32 Å². The second kappa shape index (κ2) is 6.31. The molecule has 3 aromatic rings. The van der Waals surface area contributed by atoms with E-state index in [1.165, 1.54) is 0 Å². The maximum atomic E-state index is 12.2. The number of carbonyl (C=O) groups excluding carboxylic acids is 1. The van der Waals surface area contributed by atoms with Crippen molar-refractivity contribution < 1.29 is 4.79 Å². The average molecular weight is 336 g/mol. The molecule has 2 aromatic heterocycles. The highest BCUT2D eigenvalue weighted by Crippen LogP contribution is 2.27. The summed E-state index contributed by atoms with van der Waals surface area (Å²) in [6, 6.07) is 7.90. The number of fused-ring (bicyclic) bond motifs is 1. The Morgan fingerprint density at radius 2 is 2.00 bits per heavy atom. The highest BCUT2D eigenvalue weighted by molar-refractivity contribution is 5.97. The Balaban J connectivity index is 1.97. The molecule has 0 spiro atoms. The molecule has 0 aliphatic carbocycles. The first-order valence-corrected chi connectivity index (χ1v) is 8.53. The van der Waals surface area contributed by atoms with Crippen molar-refractivity contribution in [3.63, 3.8) is 0 Å². The molecule has 3 rings (SSSR count). The van der Waals surface area contributed by atoms with E-state index in [1.54, 1.807) is 0 Å². The van der Waals surface area contributed by atoms with Crippen LogP contribution in [-0.4, -0.2) is 20.7 Å². The van der Waals surface area contributed by atoms with E-state index >= 15 is 0 Å². The van der Waals surface area contributed by atoms with Crippen molar-refractivity contribution in [3.8, 4) is 11.3 Å². The predicted molar refractivity (Wildman–Crippen MR) is 101 cm³/mol. The van der Waals surface area contributed by atoms with Crippen molar-refractivity contribution in [2.24, 2.45) is 5.41 Å². The molecule has 130 valence electrons. The molecule has 0 aliphatic heterocycles. The fourth-order valence-corrected chi connectivity index (χ4v) is 2.61. The topological polar surface area (TPSA) is 59.8 Å². The zero-order valence-electron chi connectivity index (χ0n) is 15.4. The molecule has 2 heterocycles. The second-order valence-corrected chi connectivity index (χ2v) is 7.35. The summed E-state index contributed by atoms with van der Waals surface area (Å²) in [6.45, 7) is 10.7. The lowest BCUT2D eigenvalue weighted by Crippen LogP contribution is -2.27. The maximum Gasteiger partial charge on any atom is 0.229 e. The first kappa shape index (κ1) is 17.1. The molecule has 0 unspecified atom stereocenters. The highest BCUT2D eigenvalue weighted by atomic mass is 16.2.